The van der Waals surface area contributed by atoms with E-state index < -0.39 is 0 Å². The van der Waals surface area contributed by atoms with Crippen molar-refractivity contribution >= 4 is 49.7 Å². The van der Waals surface area contributed by atoms with Gasteiger partial charge in [0.05, 0.1) is 22.1 Å². The second-order valence-corrected chi connectivity index (χ2v) is 10.2. The van der Waals surface area contributed by atoms with Crippen LogP contribution in [0.3, 0.4) is 0 Å². The molecule has 0 amide bonds. The first-order chi connectivity index (χ1) is 20.8. The molecule has 5 aromatic carbocycles. The fourth-order valence-electron chi connectivity index (χ4n) is 5.99. The van der Waals surface area contributed by atoms with Gasteiger partial charge in [-0.3, -0.25) is 4.40 Å². The van der Waals surface area contributed by atoms with Gasteiger partial charge in [0.1, 0.15) is 5.82 Å². The summed E-state index contributed by atoms with van der Waals surface area (Å²) in [6, 6.07) is 47.8. The summed E-state index contributed by atoms with van der Waals surface area (Å²) in [7, 11) is 0. The Bertz CT molecular complexity index is 2460. The van der Waals surface area contributed by atoms with Gasteiger partial charge in [0.2, 0.25) is 5.78 Å². The van der Waals surface area contributed by atoms with E-state index in [-0.39, 0.29) is 21.1 Å². The third-order valence-corrected chi connectivity index (χ3v) is 7.76. The topological polar surface area (TPSA) is 49.3 Å². The van der Waals surface area contributed by atoms with Crippen molar-refractivity contribution in [1.82, 2.24) is 23.5 Å². The molecule has 0 aliphatic carbocycles. The van der Waals surface area contributed by atoms with Crippen LogP contribution >= 0.6 is 0 Å². The molecule has 4 aromatic heterocycles. The maximum atomic E-state index is 6.41. The van der Waals surface area contributed by atoms with E-state index >= 15 is 0 Å². The van der Waals surface area contributed by atoms with E-state index in [2.05, 4.69) is 79.2 Å². The first kappa shape index (κ1) is 25.5. The van der Waals surface area contributed by atoms with Crippen LogP contribution in [0.25, 0.3) is 61.2 Å². The Labute approximate surface area is 260 Å². The molecule has 0 aliphatic heterocycles. The van der Waals surface area contributed by atoms with Crippen molar-refractivity contribution in [2.45, 2.75) is 0 Å². The molecule has 0 saturated heterocycles. The van der Waals surface area contributed by atoms with E-state index in [4.69, 9.17) is 9.72 Å². The van der Waals surface area contributed by atoms with Crippen LogP contribution in [-0.4, -0.2) is 23.5 Å². The molecule has 0 spiro atoms. The molecule has 0 aliphatic rings. The largest absolute Gasteiger partial charge is 2.00 e. The molecule has 0 fully saturated rings. The minimum atomic E-state index is 0. The zero-order valence-corrected chi connectivity index (χ0v) is 24.9. The molecule has 0 radical (unpaired) electrons. The summed E-state index contributed by atoms with van der Waals surface area (Å²) < 4.78 is 12.9. The normalized spacial score (nSPS) is 11.5. The Balaban J connectivity index is 0.00000278. The van der Waals surface area contributed by atoms with Crippen LogP contribution < -0.4 is 4.74 Å². The van der Waals surface area contributed by atoms with E-state index in [1.54, 1.807) is 0 Å². The number of para-hydroxylation sites is 5. The van der Waals surface area contributed by atoms with E-state index in [1.807, 2.05) is 79.0 Å². The van der Waals surface area contributed by atoms with Crippen molar-refractivity contribution in [2.24, 2.45) is 0 Å². The van der Waals surface area contributed by atoms with E-state index in [9.17, 15) is 0 Å². The van der Waals surface area contributed by atoms with Crippen LogP contribution in [0.5, 0.6) is 11.5 Å². The van der Waals surface area contributed by atoms with E-state index in [1.165, 1.54) is 0 Å². The number of aromatic nitrogens is 5. The Morgan fingerprint density at radius 1 is 0.558 bits per heavy atom. The van der Waals surface area contributed by atoms with Crippen LogP contribution in [0.4, 0.5) is 0 Å². The minimum Gasteiger partial charge on any atom is -0.509 e. The van der Waals surface area contributed by atoms with Crippen molar-refractivity contribution in [2.75, 3.05) is 0 Å². The fraction of sp³-hybridized carbons (Fsp3) is 0. The molecule has 206 valence electrons. The van der Waals surface area contributed by atoms with Gasteiger partial charge in [0.25, 0.3) is 0 Å². The predicted octanol–water partition coefficient (Wildman–Crippen LogP) is 8.31. The third kappa shape index (κ3) is 3.91. The summed E-state index contributed by atoms with van der Waals surface area (Å²) in [5, 5.41) is 2.24. The van der Waals surface area contributed by atoms with E-state index in [0.717, 1.165) is 61.2 Å². The number of pyridine rings is 1. The van der Waals surface area contributed by atoms with Gasteiger partial charge in [-0.25, -0.2) is 9.97 Å². The Morgan fingerprint density at radius 3 is 2.16 bits per heavy atom. The Morgan fingerprint density at radius 2 is 1.30 bits per heavy atom. The monoisotopic (exact) mass is 734 g/mol. The number of ether oxygens (including phenoxy) is 1. The molecule has 9 rings (SSSR count). The standard InChI is InChI=1S/C36H21N5O.Pt/c1-3-14-30-27(12-1)28-20-19-26(23-34(28)40(30)35-18-7-8-21-37-35)42-25-11-9-10-24(22-25)39-32-16-5-6-17-33(32)41-31-15-4-2-13-29(31)38-36(39)41;/h1-21H;/q-2;+2. The average molecular weight is 735 g/mol. The van der Waals surface area contributed by atoms with Crippen molar-refractivity contribution < 1.29 is 25.8 Å². The molecule has 0 unspecified atom stereocenters. The fourth-order valence-corrected chi connectivity index (χ4v) is 5.99. The van der Waals surface area contributed by atoms with Gasteiger partial charge < -0.3 is 13.9 Å². The smallest absolute Gasteiger partial charge is 0.509 e. The van der Waals surface area contributed by atoms with E-state index in [0.29, 0.717) is 11.5 Å². The summed E-state index contributed by atoms with van der Waals surface area (Å²) in [5.41, 5.74) is 6.98. The molecule has 0 N–H and O–H groups in total. The number of rotatable bonds is 4. The van der Waals surface area contributed by atoms with Crippen LogP contribution in [0.1, 0.15) is 0 Å². The molecule has 9 aromatic rings. The molecular formula is C36H21N5OPt. The summed E-state index contributed by atoms with van der Waals surface area (Å²) >= 11 is 0. The maximum absolute atomic E-state index is 6.41. The van der Waals surface area contributed by atoms with Crippen molar-refractivity contribution in [1.29, 1.82) is 0 Å². The second-order valence-electron chi connectivity index (χ2n) is 10.2. The average Bonchev–Trinajstić information content (AvgIpc) is 3.68. The number of nitrogens with zero attached hydrogens (tertiary/aromatic N) is 5. The molecule has 0 saturated carbocycles. The third-order valence-electron chi connectivity index (χ3n) is 7.76. The molecule has 6 nitrogen and oxygen atoms in total. The van der Waals surface area contributed by atoms with Crippen molar-refractivity contribution in [3.63, 3.8) is 0 Å². The summed E-state index contributed by atoms with van der Waals surface area (Å²) in [4.78, 5) is 9.61. The van der Waals surface area contributed by atoms with Gasteiger partial charge >= 0.3 is 21.1 Å². The van der Waals surface area contributed by atoms with Crippen LogP contribution in [0.15, 0.2) is 128 Å². The first-order valence-electron chi connectivity index (χ1n) is 13.8. The number of benzene rings is 5. The second kappa shape index (κ2) is 9.97. The number of hydrogen-bond donors (Lipinski definition) is 0. The van der Waals surface area contributed by atoms with Gasteiger partial charge in [-0.15, -0.1) is 35.7 Å². The zero-order chi connectivity index (χ0) is 27.6. The Hall–Kier alpha value is -5.19. The first-order valence-corrected chi connectivity index (χ1v) is 13.8. The maximum Gasteiger partial charge on any atom is 2.00 e. The SMILES string of the molecule is [Pt+2].[c-]1c(Oc2[c-]c3c(cc2)c2ccccc2n3-c2ccccn2)cccc1-n1c2ccccc2n2c3ccccc3nc12. The molecule has 0 atom stereocenters. The van der Waals surface area contributed by atoms with Crippen LogP contribution in [0, 0.1) is 12.1 Å². The van der Waals surface area contributed by atoms with Gasteiger partial charge in [-0.05, 0) is 47.9 Å². The number of imidazole rings is 2. The number of hydrogen-bond acceptors (Lipinski definition) is 3. The summed E-state index contributed by atoms with van der Waals surface area (Å²) in [6.45, 7) is 0. The predicted molar refractivity (Wildman–Crippen MR) is 166 cm³/mol. The molecule has 43 heavy (non-hydrogen) atoms. The molecular weight excluding hydrogens is 714 g/mol. The number of fused-ring (bicyclic) bond motifs is 8. The van der Waals surface area contributed by atoms with Gasteiger partial charge in [0, 0.05) is 23.2 Å². The Kier molecular flexibility index (Phi) is 5.91. The molecule has 0 bridgehead atoms. The summed E-state index contributed by atoms with van der Waals surface area (Å²) in [5.74, 6) is 2.86. The van der Waals surface area contributed by atoms with Crippen molar-refractivity contribution in [3.05, 3.63) is 140 Å². The minimum absolute atomic E-state index is 0. The zero-order valence-electron chi connectivity index (χ0n) is 22.6. The molecule has 4 heterocycles. The van der Waals surface area contributed by atoms with Gasteiger partial charge in [-0.1, -0.05) is 59.7 Å². The van der Waals surface area contributed by atoms with Gasteiger partial charge in [-0.2, -0.15) is 12.1 Å². The van der Waals surface area contributed by atoms with Gasteiger partial charge in [0.15, 0.2) is 0 Å². The molecule has 7 heteroatoms. The van der Waals surface area contributed by atoms with Crippen LogP contribution in [0.2, 0.25) is 0 Å². The quantitative estimate of drug-likeness (QED) is 0.171. The summed E-state index contributed by atoms with van der Waals surface area (Å²) in [6.07, 6.45) is 1.81. The van der Waals surface area contributed by atoms with Crippen LogP contribution in [-0.2, 0) is 21.1 Å². The van der Waals surface area contributed by atoms with Crippen molar-refractivity contribution in [3.8, 4) is 23.0 Å².